The molecular formula is C22H30N3O3+. The van der Waals surface area contributed by atoms with Gasteiger partial charge in [0.05, 0.1) is 20.2 Å². The third-order valence-corrected chi connectivity index (χ3v) is 4.32. The second kappa shape index (κ2) is 11.1. The summed E-state index contributed by atoms with van der Waals surface area (Å²) in [6.07, 6.45) is 0.836. The molecule has 0 saturated carbocycles. The maximum absolute atomic E-state index is 12.1. The van der Waals surface area contributed by atoms with Crippen molar-refractivity contribution in [2.75, 3.05) is 32.1 Å². The maximum Gasteiger partial charge on any atom is 0.275 e. The Kier molecular flexibility index (Phi) is 8.49. The quantitative estimate of drug-likeness (QED) is 0.580. The van der Waals surface area contributed by atoms with E-state index in [1.165, 1.54) is 0 Å². The minimum Gasteiger partial charge on any atom is -0.494 e. The smallest absolute Gasteiger partial charge is 0.275 e. The van der Waals surface area contributed by atoms with Gasteiger partial charge in [0.25, 0.3) is 5.91 Å². The van der Waals surface area contributed by atoms with Gasteiger partial charge < -0.3 is 20.3 Å². The van der Waals surface area contributed by atoms with Crippen molar-refractivity contribution in [2.45, 2.75) is 26.8 Å². The Morgan fingerprint density at radius 3 is 2.39 bits per heavy atom. The number of rotatable bonds is 10. The maximum atomic E-state index is 12.1. The molecule has 6 nitrogen and oxygen atoms in total. The first kappa shape index (κ1) is 21.4. The van der Waals surface area contributed by atoms with Crippen molar-refractivity contribution in [3.63, 3.8) is 0 Å². The van der Waals surface area contributed by atoms with Crippen LogP contribution < -0.4 is 20.3 Å². The Balaban J connectivity index is 1.74. The van der Waals surface area contributed by atoms with Crippen LogP contribution in [-0.2, 0) is 22.6 Å². The zero-order valence-electron chi connectivity index (χ0n) is 16.9. The highest BCUT2D eigenvalue weighted by Crippen LogP contribution is 2.15. The summed E-state index contributed by atoms with van der Waals surface area (Å²) in [5, 5.41) is 5.54. The predicted molar refractivity (Wildman–Crippen MR) is 111 cm³/mol. The number of likely N-dealkylation sites (N-methyl/N-ethyl adjacent to an activating group) is 1. The Bertz CT molecular complexity index is 775. The first-order valence-corrected chi connectivity index (χ1v) is 9.69. The van der Waals surface area contributed by atoms with Crippen LogP contribution in [0.25, 0.3) is 0 Å². The zero-order valence-corrected chi connectivity index (χ0v) is 16.9. The van der Waals surface area contributed by atoms with Crippen molar-refractivity contribution in [3.05, 3.63) is 59.7 Å². The predicted octanol–water partition coefficient (Wildman–Crippen LogP) is 1.42. The molecule has 0 aliphatic rings. The van der Waals surface area contributed by atoms with E-state index < -0.39 is 0 Å². The van der Waals surface area contributed by atoms with Crippen molar-refractivity contribution in [1.82, 2.24) is 5.32 Å². The Hall–Kier alpha value is -2.86. The zero-order chi connectivity index (χ0) is 20.4. The lowest BCUT2D eigenvalue weighted by Gasteiger charge is -2.14. The highest BCUT2D eigenvalue weighted by molar-refractivity contribution is 5.95. The molecule has 1 atom stereocenters. The Morgan fingerprint density at radius 1 is 1.00 bits per heavy atom. The molecule has 0 bridgehead atoms. The lowest BCUT2D eigenvalue weighted by molar-refractivity contribution is -0.885. The number of amides is 2. The summed E-state index contributed by atoms with van der Waals surface area (Å²) >= 11 is 0. The lowest BCUT2D eigenvalue weighted by Crippen LogP contribution is -3.08. The second-order valence-electron chi connectivity index (χ2n) is 6.72. The third kappa shape index (κ3) is 7.04. The average Bonchev–Trinajstić information content (AvgIpc) is 2.68. The highest BCUT2D eigenvalue weighted by Gasteiger charge is 2.12. The molecule has 6 heteroatoms. The molecular weight excluding hydrogens is 354 g/mol. The van der Waals surface area contributed by atoms with Crippen molar-refractivity contribution in [3.8, 4) is 5.75 Å². The van der Waals surface area contributed by atoms with E-state index in [4.69, 9.17) is 4.74 Å². The lowest BCUT2D eigenvalue weighted by atomic mass is 10.1. The number of para-hydroxylation sites is 1. The van der Waals surface area contributed by atoms with Gasteiger partial charge in [-0.2, -0.15) is 0 Å². The average molecular weight is 385 g/mol. The minimum absolute atomic E-state index is 0.0345. The molecule has 0 aliphatic heterocycles. The fraction of sp³-hybridized carbons (Fsp3) is 0.364. The molecule has 3 N–H and O–H groups in total. The monoisotopic (exact) mass is 384 g/mol. The number of nitrogens with one attached hydrogen (secondary N) is 3. The molecule has 2 aromatic rings. The van der Waals surface area contributed by atoms with Gasteiger partial charge in [0.15, 0.2) is 6.54 Å². The molecule has 0 heterocycles. The molecule has 0 aromatic heterocycles. The molecule has 0 radical (unpaired) electrons. The molecule has 150 valence electrons. The number of carbonyl (C=O) groups is 2. The first-order valence-electron chi connectivity index (χ1n) is 9.69. The van der Waals surface area contributed by atoms with Gasteiger partial charge in [-0.15, -0.1) is 0 Å². The number of benzene rings is 2. The summed E-state index contributed by atoms with van der Waals surface area (Å²) in [5.41, 5.74) is 2.99. The molecule has 0 aliphatic carbocycles. The molecule has 0 saturated heterocycles. The second-order valence-corrected chi connectivity index (χ2v) is 6.72. The number of ether oxygens (including phenoxy) is 1. The van der Waals surface area contributed by atoms with E-state index in [0.29, 0.717) is 13.2 Å². The molecule has 28 heavy (non-hydrogen) atoms. The van der Waals surface area contributed by atoms with E-state index in [9.17, 15) is 9.59 Å². The molecule has 0 fully saturated rings. The van der Waals surface area contributed by atoms with Gasteiger partial charge in [0.1, 0.15) is 12.3 Å². The Labute approximate surface area is 166 Å². The fourth-order valence-electron chi connectivity index (χ4n) is 2.94. The van der Waals surface area contributed by atoms with Gasteiger partial charge in [-0.3, -0.25) is 9.59 Å². The van der Waals surface area contributed by atoms with Crippen LogP contribution in [0.4, 0.5) is 5.69 Å². The highest BCUT2D eigenvalue weighted by atomic mass is 16.5. The van der Waals surface area contributed by atoms with Crippen LogP contribution in [0, 0.1) is 0 Å². The van der Waals surface area contributed by atoms with E-state index in [-0.39, 0.29) is 18.4 Å². The van der Waals surface area contributed by atoms with Crippen LogP contribution in [0.3, 0.4) is 0 Å². The van der Waals surface area contributed by atoms with Crippen LogP contribution in [0.1, 0.15) is 25.0 Å². The summed E-state index contributed by atoms with van der Waals surface area (Å²) in [6, 6.07) is 15.6. The minimum atomic E-state index is -0.224. The van der Waals surface area contributed by atoms with Crippen LogP contribution in [0.15, 0.2) is 48.5 Å². The van der Waals surface area contributed by atoms with E-state index in [0.717, 1.165) is 40.4 Å². The summed E-state index contributed by atoms with van der Waals surface area (Å²) < 4.78 is 5.43. The summed E-state index contributed by atoms with van der Waals surface area (Å²) in [5.74, 6) is 0.470. The largest absolute Gasteiger partial charge is 0.494 e. The van der Waals surface area contributed by atoms with Gasteiger partial charge in [0.2, 0.25) is 5.91 Å². The van der Waals surface area contributed by atoms with Gasteiger partial charge in [-0.1, -0.05) is 25.1 Å². The van der Waals surface area contributed by atoms with Gasteiger partial charge >= 0.3 is 0 Å². The standard InChI is InChI=1S/C22H29N3O3/c1-4-18-8-6-7-9-20(18)24-21(26)14-23-22(27)16-25(3)15-17-10-12-19(13-11-17)28-5-2/h6-13H,4-5,14-16H2,1-3H3,(H,23,27)(H,24,26)/p+1. The molecule has 2 aromatic carbocycles. The van der Waals surface area contributed by atoms with Crippen molar-refractivity contribution in [1.29, 1.82) is 0 Å². The van der Waals surface area contributed by atoms with Crippen molar-refractivity contribution in [2.24, 2.45) is 0 Å². The fourth-order valence-corrected chi connectivity index (χ4v) is 2.94. The summed E-state index contributed by atoms with van der Waals surface area (Å²) in [7, 11) is 1.95. The number of anilines is 1. The topological polar surface area (TPSA) is 71.9 Å². The molecule has 2 amide bonds. The van der Waals surface area contributed by atoms with Crippen LogP contribution in [0.2, 0.25) is 0 Å². The van der Waals surface area contributed by atoms with E-state index in [1.807, 2.05) is 69.4 Å². The number of aryl methyl sites for hydroxylation is 1. The summed E-state index contributed by atoms with van der Waals surface area (Å²) in [6.45, 7) is 5.61. The van der Waals surface area contributed by atoms with E-state index in [2.05, 4.69) is 10.6 Å². The summed E-state index contributed by atoms with van der Waals surface area (Å²) in [4.78, 5) is 25.3. The van der Waals surface area contributed by atoms with Gasteiger partial charge in [-0.05, 0) is 49.2 Å². The molecule has 1 unspecified atom stereocenters. The normalized spacial score (nSPS) is 11.5. The number of hydrogen-bond donors (Lipinski definition) is 3. The third-order valence-electron chi connectivity index (χ3n) is 4.32. The van der Waals surface area contributed by atoms with Crippen LogP contribution >= 0.6 is 0 Å². The number of quaternary nitrogens is 1. The Morgan fingerprint density at radius 2 is 1.71 bits per heavy atom. The van der Waals surface area contributed by atoms with Crippen molar-refractivity contribution < 1.29 is 19.2 Å². The van der Waals surface area contributed by atoms with Crippen LogP contribution in [-0.4, -0.2) is 38.6 Å². The SMILES string of the molecule is CCOc1ccc(C[NH+](C)CC(=O)NCC(=O)Nc2ccccc2CC)cc1. The van der Waals surface area contributed by atoms with Crippen molar-refractivity contribution >= 4 is 17.5 Å². The van der Waals surface area contributed by atoms with Gasteiger partial charge in [0, 0.05) is 11.3 Å². The van der Waals surface area contributed by atoms with E-state index >= 15 is 0 Å². The number of hydrogen-bond acceptors (Lipinski definition) is 3. The van der Waals surface area contributed by atoms with E-state index in [1.54, 1.807) is 0 Å². The molecule has 0 spiro atoms. The first-order chi connectivity index (χ1) is 13.5. The van der Waals surface area contributed by atoms with Crippen LogP contribution in [0.5, 0.6) is 5.75 Å². The molecule has 2 rings (SSSR count). The number of carbonyl (C=O) groups excluding carboxylic acids is 2. The van der Waals surface area contributed by atoms with Gasteiger partial charge in [-0.25, -0.2) is 0 Å².